The molecule has 0 aliphatic carbocycles. The van der Waals surface area contributed by atoms with Crippen LogP contribution in [0.2, 0.25) is 0 Å². The summed E-state index contributed by atoms with van der Waals surface area (Å²) in [6.07, 6.45) is 0.139. The summed E-state index contributed by atoms with van der Waals surface area (Å²) < 4.78 is 5.73. The third-order valence-corrected chi connectivity index (χ3v) is 2.93. The molecule has 4 nitrogen and oxygen atoms in total. The minimum atomic E-state index is -1.67. The molecule has 0 radical (unpaired) electrons. The second kappa shape index (κ2) is 5.43. The summed E-state index contributed by atoms with van der Waals surface area (Å²) in [5.41, 5.74) is 4.03. The van der Waals surface area contributed by atoms with E-state index in [9.17, 15) is 9.90 Å². The topological polar surface area (TPSA) is 72.6 Å². The molecule has 16 heavy (non-hydrogen) atoms. The van der Waals surface area contributed by atoms with Crippen LogP contribution in [-0.2, 0) is 15.1 Å². The number of carbonyl (C=O) groups excluding carboxylic acids is 1. The van der Waals surface area contributed by atoms with Crippen LogP contribution in [0, 0.1) is 0 Å². The molecule has 0 saturated heterocycles. The smallest absolute Gasteiger partial charge is 0.254 e. The largest absolute Gasteiger partial charge is 0.385 e. The van der Waals surface area contributed by atoms with E-state index >= 15 is 0 Å². The average Bonchev–Trinajstić information content (AvgIpc) is 2.26. The molecule has 0 aromatic heterocycles. The Kier molecular flexibility index (Phi) is 4.46. The van der Waals surface area contributed by atoms with E-state index in [-0.39, 0.29) is 13.0 Å². The molecule has 0 aliphatic rings. The molecule has 1 aromatic carbocycles. The molecular formula is C11H14BrNO3. The molecule has 0 spiro atoms. The van der Waals surface area contributed by atoms with Crippen LogP contribution in [0.1, 0.15) is 12.0 Å². The van der Waals surface area contributed by atoms with Gasteiger partial charge < -0.3 is 15.6 Å². The van der Waals surface area contributed by atoms with E-state index in [0.29, 0.717) is 5.56 Å². The summed E-state index contributed by atoms with van der Waals surface area (Å²) in [5.74, 6) is -0.771. The zero-order valence-electron chi connectivity index (χ0n) is 8.94. The first-order valence-electron chi connectivity index (χ1n) is 4.78. The number of halogens is 1. The van der Waals surface area contributed by atoms with E-state index in [1.807, 2.05) is 0 Å². The molecule has 1 amide bonds. The van der Waals surface area contributed by atoms with E-state index < -0.39 is 11.5 Å². The highest BCUT2D eigenvalue weighted by molar-refractivity contribution is 9.10. The number of rotatable bonds is 5. The average molecular weight is 288 g/mol. The van der Waals surface area contributed by atoms with Gasteiger partial charge in [-0.3, -0.25) is 4.79 Å². The molecule has 0 fully saturated rings. The Morgan fingerprint density at radius 3 is 2.50 bits per heavy atom. The van der Waals surface area contributed by atoms with Crippen molar-refractivity contribution in [3.05, 3.63) is 34.3 Å². The number of aliphatic hydroxyl groups is 1. The maximum atomic E-state index is 11.3. The highest BCUT2D eigenvalue weighted by Crippen LogP contribution is 2.26. The number of benzene rings is 1. The molecule has 88 valence electrons. The number of ether oxygens (including phenoxy) is 1. The van der Waals surface area contributed by atoms with Crippen LogP contribution in [0.5, 0.6) is 0 Å². The maximum absolute atomic E-state index is 11.3. The number of amides is 1. The van der Waals surface area contributed by atoms with Gasteiger partial charge in [-0.1, -0.05) is 28.1 Å². The first-order valence-corrected chi connectivity index (χ1v) is 5.57. The van der Waals surface area contributed by atoms with Gasteiger partial charge in [-0.2, -0.15) is 0 Å². The van der Waals surface area contributed by atoms with Crippen LogP contribution in [0.25, 0.3) is 0 Å². The molecule has 1 unspecified atom stereocenters. The lowest BCUT2D eigenvalue weighted by atomic mass is 9.90. The van der Waals surface area contributed by atoms with Gasteiger partial charge in [0.15, 0.2) is 5.60 Å². The predicted octanol–water partition coefficient (Wildman–Crippen LogP) is 1.16. The van der Waals surface area contributed by atoms with Crippen LogP contribution in [0.3, 0.4) is 0 Å². The van der Waals surface area contributed by atoms with Crippen LogP contribution >= 0.6 is 15.9 Å². The zero-order valence-corrected chi connectivity index (χ0v) is 10.5. The van der Waals surface area contributed by atoms with Crippen molar-refractivity contribution in [2.45, 2.75) is 12.0 Å². The van der Waals surface area contributed by atoms with E-state index in [4.69, 9.17) is 10.5 Å². The number of hydrogen-bond acceptors (Lipinski definition) is 3. The third kappa shape index (κ3) is 2.81. The summed E-state index contributed by atoms with van der Waals surface area (Å²) >= 11 is 3.28. The van der Waals surface area contributed by atoms with Crippen LogP contribution in [-0.4, -0.2) is 24.7 Å². The zero-order chi connectivity index (χ0) is 12.2. The third-order valence-electron chi connectivity index (χ3n) is 2.40. The SMILES string of the molecule is COCCC(O)(C(N)=O)c1ccc(Br)cc1. The Labute approximate surface area is 103 Å². The van der Waals surface area contributed by atoms with Crippen molar-refractivity contribution >= 4 is 21.8 Å². The lowest BCUT2D eigenvalue weighted by Gasteiger charge is -2.24. The minimum Gasteiger partial charge on any atom is -0.385 e. The Morgan fingerprint density at radius 1 is 1.50 bits per heavy atom. The summed E-state index contributed by atoms with van der Waals surface area (Å²) in [4.78, 5) is 11.3. The second-order valence-corrected chi connectivity index (χ2v) is 4.39. The summed E-state index contributed by atoms with van der Waals surface area (Å²) in [7, 11) is 1.50. The lowest BCUT2D eigenvalue weighted by molar-refractivity contribution is -0.139. The summed E-state index contributed by atoms with van der Waals surface area (Å²) in [6.45, 7) is 0.259. The van der Waals surface area contributed by atoms with Gasteiger partial charge in [0.2, 0.25) is 0 Å². The molecule has 1 rings (SSSR count). The fraction of sp³-hybridized carbons (Fsp3) is 0.364. The van der Waals surface area contributed by atoms with Crippen molar-refractivity contribution in [2.24, 2.45) is 5.73 Å². The number of nitrogens with two attached hydrogens (primary N) is 1. The van der Waals surface area contributed by atoms with Gasteiger partial charge in [0, 0.05) is 24.6 Å². The van der Waals surface area contributed by atoms with Gasteiger partial charge in [-0.05, 0) is 17.7 Å². The molecule has 0 saturated carbocycles. The standard InChI is InChI=1S/C11H14BrNO3/c1-16-7-6-11(15,10(13)14)8-2-4-9(12)5-3-8/h2-5,15H,6-7H2,1H3,(H2,13,14). The number of carbonyl (C=O) groups is 1. The van der Waals surface area contributed by atoms with Crippen LogP contribution in [0.4, 0.5) is 0 Å². The lowest BCUT2D eigenvalue weighted by Crippen LogP contribution is -2.42. The van der Waals surface area contributed by atoms with E-state index in [1.54, 1.807) is 24.3 Å². The molecule has 0 bridgehead atoms. The van der Waals surface area contributed by atoms with Crippen molar-refractivity contribution < 1.29 is 14.6 Å². The molecule has 5 heteroatoms. The fourth-order valence-electron chi connectivity index (χ4n) is 1.39. The molecule has 3 N–H and O–H groups in total. The van der Waals surface area contributed by atoms with Gasteiger partial charge in [-0.15, -0.1) is 0 Å². The summed E-state index contributed by atoms with van der Waals surface area (Å²) in [6, 6.07) is 6.81. The Bertz CT molecular complexity index is 366. The van der Waals surface area contributed by atoms with Crippen LogP contribution < -0.4 is 5.73 Å². The van der Waals surface area contributed by atoms with Crippen molar-refractivity contribution in [3.8, 4) is 0 Å². The molecule has 1 aromatic rings. The fourth-order valence-corrected chi connectivity index (χ4v) is 1.65. The van der Waals surface area contributed by atoms with Gasteiger partial charge in [0.05, 0.1) is 0 Å². The predicted molar refractivity (Wildman–Crippen MR) is 63.7 cm³/mol. The van der Waals surface area contributed by atoms with Gasteiger partial charge in [0.25, 0.3) is 5.91 Å². The van der Waals surface area contributed by atoms with Crippen molar-refractivity contribution in [1.82, 2.24) is 0 Å². The van der Waals surface area contributed by atoms with E-state index in [1.165, 1.54) is 7.11 Å². The second-order valence-electron chi connectivity index (χ2n) is 3.47. The Hall–Kier alpha value is -0.910. The number of primary amides is 1. The van der Waals surface area contributed by atoms with Crippen molar-refractivity contribution in [1.29, 1.82) is 0 Å². The van der Waals surface area contributed by atoms with E-state index in [0.717, 1.165) is 4.47 Å². The van der Waals surface area contributed by atoms with E-state index in [2.05, 4.69) is 15.9 Å². The quantitative estimate of drug-likeness (QED) is 0.854. The van der Waals surface area contributed by atoms with Gasteiger partial charge in [-0.25, -0.2) is 0 Å². The van der Waals surface area contributed by atoms with Gasteiger partial charge >= 0.3 is 0 Å². The summed E-state index contributed by atoms with van der Waals surface area (Å²) in [5, 5.41) is 10.2. The highest BCUT2D eigenvalue weighted by atomic mass is 79.9. The first kappa shape index (κ1) is 13.2. The first-order chi connectivity index (χ1) is 7.50. The monoisotopic (exact) mass is 287 g/mol. The Morgan fingerprint density at radius 2 is 2.06 bits per heavy atom. The molecule has 1 atom stereocenters. The molecule has 0 heterocycles. The number of hydrogen-bond donors (Lipinski definition) is 2. The number of methoxy groups -OCH3 is 1. The molecular weight excluding hydrogens is 274 g/mol. The Balaban J connectivity index is 3.01. The minimum absolute atomic E-state index is 0.139. The molecule has 0 aliphatic heterocycles. The maximum Gasteiger partial charge on any atom is 0.254 e. The van der Waals surface area contributed by atoms with Crippen molar-refractivity contribution in [3.63, 3.8) is 0 Å². The highest BCUT2D eigenvalue weighted by Gasteiger charge is 2.35. The normalized spacial score (nSPS) is 14.4. The van der Waals surface area contributed by atoms with Gasteiger partial charge in [0.1, 0.15) is 0 Å². The van der Waals surface area contributed by atoms with Crippen LogP contribution in [0.15, 0.2) is 28.7 Å². The van der Waals surface area contributed by atoms with Crippen molar-refractivity contribution in [2.75, 3.05) is 13.7 Å².